The van der Waals surface area contributed by atoms with Crippen molar-refractivity contribution < 1.29 is 14.4 Å². The number of carbonyl (C=O) groups is 3. The lowest BCUT2D eigenvalue weighted by Gasteiger charge is -2.39. The zero-order valence-corrected chi connectivity index (χ0v) is 36.5. The highest BCUT2D eigenvalue weighted by Gasteiger charge is 2.69. The Morgan fingerprint density at radius 2 is 1.55 bits per heavy atom. The number of ketones is 1. The molecule has 0 aromatic carbocycles. The monoisotopic (exact) mass is 774 g/mol. The molecule has 0 spiro atoms. The van der Waals surface area contributed by atoms with E-state index in [-0.39, 0.29) is 58.6 Å². The molecule has 314 valence electrons. The van der Waals surface area contributed by atoms with Crippen molar-refractivity contribution in [2.45, 2.75) is 163 Å². The fourth-order valence-corrected chi connectivity index (χ4v) is 9.64. The van der Waals surface area contributed by atoms with Crippen LogP contribution in [0.4, 0.5) is 0 Å². The Morgan fingerprint density at radius 1 is 0.929 bits per heavy atom. The number of fused-ring (bicyclic) bond motifs is 1. The van der Waals surface area contributed by atoms with Gasteiger partial charge >= 0.3 is 0 Å². The summed E-state index contributed by atoms with van der Waals surface area (Å²) in [5, 5.41) is 13.7. The van der Waals surface area contributed by atoms with Crippen molar-refractivity contribution in [2.75, 3.05) is 19.6 Å². The molecule has 1 aliphatic heterocycles. The van der Waals surface area contributed by atoms with Gasteiger partial charge < -0.3 is 26.2 Å². The van der Waals surface area contributed by atoms with Gasteiger partial charge in [-0.15, -0.1) is 18.9 Å². The first-order valence-corrected chi connectivity index (χ1v) is 22.1. The van der Waals surface area contributed by atoms with Gasteiger partial charge in [-0.3, -0.25) is 14.4 Å². The van der Waals surface area contributed by atoms with Crippen LogP contribution in [0.3, 0.4) is 0 Å². The van der Waals surface area contributed by atoms with E-state index in [4.69, 9.17) is 6.42 Å². The number of rotatable bonds is 21. The minimum absolute atomic E-state index is 0.00872. The van der Waals surface area contributed by atoms with Gasteiger partial charge in [-0.2, -0.15) is 0 Å². The van der Waals surface area contributed by atoms with Crippen LogP contribution >= 0.6 is 0 Å². The summed E-state index contributed by atoms with van der Waals surface area (Å²) in [5.41, 5.74) is 1.35. The number of carbonyl (C=O) groups excluding carboxylic acids is 3. The highest BCUT2D eigenvalue weighted by Crippen LogP contribution is 2.65. The number of hydrogen-bond donors (Lipinski definition) is 4. The molecular weight excluding hydrogens is 695 g/mol. The van der Waals surface area contributed by atoms with Gasteiger partial charge in [0.1, 0.15) is 6.04 Å². The summed E-state index contributed by atoms with van der Waals surface area (Å²) in [6, 6.07) is -0.914. The zero-order valence-electron chi connectivity index (χ0n) is 36.5. The van der Waals surface area contributed by atoms with E-state index in [1.165, 1.54) is 38.5 Å². The summed E-state index contributed by atoms with van der Waals surface area (Å²) in [4.78, 5) is 44.1. The number of piperidine rings is 1. The molecule has 6 atom stereocenters. The molecule has 4 rings (SSSR count). The van der Waals surface area contributed by atoms with E-state index in [2.05, 4.69) is 88.1 Å². The molecule has 56 heavy (non-hydrogen) atoms. The molecule has 4 unspecified atom stereocenters. The molecule has 4 fully saturated rings. The van der Waals surface area contributed by atoms with Gasteiger partial charge in [0.05, 0.1) is 11.9 Å². The number of Topliss-reactive ketones (excluding diaryl/α,β-unsaturated/α-hetero) is 1. The predicted molar refractivity (Wildman–Crippen MR) is 233 cm³/mol. The largest absolute Gasteiger partial charge is 0.389 e. The Hall–Kier alpha value is -3.47. The van der Waals surface area contributed by atoms with E-state index in [0.717, 1.165) is 56.7 Å². The molecule has 3 aliphatic carbocycles. The van der Waals surface area contributed by atoms with Gasteiger partial charge in [0.2, 0.25) is 11.8 Å². The van der Waals surface area contributed by atoms with Crippen LogP contribution in [0.1, 0.15) is 145 Å². The van der Waals surface area contributed by atoms with Gasteiger partial charge in [-0.25, -0.2) is 0 Å². The fourth-order valence-electron chi connectivity index (χ4n) is 9.64. The van der Waals surface area contributed by atoms with Crippen molar-refractivity contribution in [3.05, 3.63) is 49.5 Å². The second kappa shape index (κ2) is 21.9. The van der Waals surface area contributed by atoms with Crippen LogP contribution in [-0.4, -0.2) is 60.3 Å². The van der Waals surface area contributed by atoms with Crippen molar-refractivity contribution in [2.24, 2.45) is 40.4 Å². The van der Waals surface area contributed by atoms with E-state index in [9.17, 15) is 14.4 Å². The third-order valence-corrected chi connectivity index (χ3v) is 13.3. The number of amides is 2. The van der Waals surface area contributed by atoms with Gasteiger partial charge in [-0.1, -0.05) is 113 Å². The Kier molecular flexibility index (Phi) is 18.3. The van der Waals surface area contributed by atoms with E-state index in [0.29, 0.717) is 37.3 Å². The minimum atomic E-state index is -0.543. The average Bonchev–Trinajstić information content (AvgIpc) is 3.48. The lowest BCUT2D eigenvalue weighted by atomic mass is 9.82. The van der Waals surface area contributed by atoms with Crippen LogP contribution in [0.2, 0.25) is 0 Å². The number of allylic oxidation sites excluding steroid dienone is 1. The smallest absolute Gasteiger partial charge is 0.247 e. The Morgan fingerprint density at radius 3 is 2.14 bits per heavy atom. The first kappa shape index (κ1) is 46.9. The second-order valence-electron chi connectivity index (χ2n) is 18.6. The van der Waals surface area contributed by atoms with Crippen LogP contribution in [0.15, 0.2) is 49.5 Å². The maximum atomic E-state index is 14.9. The van der Waals surface area contributed by atoms with Gasteiger partial charge in [-0.05, 0) is 85.4 Å². The van der Waals surface area contributed by atoms with E-state index in [1.54, 1.807) is 6.08 Å². The van der Waals surface area contributed by atoms with Crippen LogP contribution < -0.4 is 21.3 Å². The molecule has 0 aromatic heterocycles. The molecular formula is C48H79N5O3. The van der Waals surface area contributed by atoms with Crippen molar-refractivity contribution in [1.82, 2.24) is 26.2 Å². The summed E-state index contributed by atoms with van der Waals surface area (Å²) < 4.78 is 0. The lowest BCUT2D eigenvalue weighted by molar-refractivity contribution is -0.142. The van der Waals surface area contributed by atoms with Crippen LogP contribution in [0.5, 0.6) is 0 Å². The number of likely N-dealkylation sites (tertiary alicyclic amines) is 1. The van der Waals surface area contributed by atoms with Crippen LogP contribution in [0.25, 0.3) is 0 Å². The summed E-state index contributed by atoms with van der Waals surface area (Å²) >= 11 is 0. The maximum absolute atomic E-state index is 14.9. The maximum Gasteiger partial charge on any atom is 0.247 e. The van der Waals surface area contributed by atoms with E-state index in [1.807, 2.05) is 18.7 Å². The first-order chi connectivity index (χ1) is 26.6. The molecule has 1 heterocycles. The number of hydrogen-bond acceptors (Lipinski definition) is 6. The second-order valence-corrected chi connectivity index (χ2v) is 18.6. The molecule has 2 amide bonds. The normalized spacial score (nSPS) is 23.4. The molecule has 0 bridgehead atoms. The predicted octanol–water partition coefficient (Wildman–Crippen LogP) is 8.82. The third kappa shape index (κ3) is 12.8. The van der Waals surface area contributed by atoms with Gasteiger partial charge in [0.15, 0.2) is 5.78 Å². The van der Waals surface area contributed by atoms with E-state index < -0.39 is 18.0 Å². The summed E-state index contributed by atoms with van der Waals surface area (Å²) in [6.07, 6.45) is 21.9. The summed E-state index contributed by atoms with van der Waals surface area (Å²) in [5.74, 6) is 3.85. The average molecular weight is 774 g/mol. The molecule has 4 aliphatic rings. The minimum Gasteiger partial charge on any atom is -0.389 e. The fraction of sp³-hybridized carbons (Fsp3) is 0.729. The van der Waals surface area contributed by atoms with Crippen LogP contribution in [0, 0.1) is 52.8 Å². The quantitative estimate of drug-likeness (QED) is 0.0529. The van der Waals surface area contributed by atoms with Gasteiger partial charge in [0, 0.05) is 49.8 Å². The van der Waals surface area contributed by atoms with Crippen molar-refractivity contribution in [3.63, 3.8) is 0 Å². The standard InChI is InChI=1S/C46H73N5O3.C2H6/c1-11-13-22-36(32(4)43(53)47-27-12-2)28-38(52)42-40-37(46(40,9)10)30-51(42)44(54)41(35-23-18-15-19-24-35)50-33(5)49-39(45(6,7)8)26-25-31(3)48-29-34-20-16-14-17-21-34;1-2/h1,12,34-37,39-42,48-50H,2-5,13-30H2,6-10H3,(H,47,53);1-2H3/t36?,37-,39?,40-,41?,42?;/m0./s1. The van der Waals surface area contributed by atoms with Gasteiger partial charge in [0.25, 0.3) is 0 Å². The number of nitrogens with zero attached hydrogens (tertiary/aromatic N) is 1. The Balaban J connectivity index is 0.00000414. The van der Waals surface area contributed by atoms with E-state index >= 15 is 0 Å². The zero-order chi connectivity index (χ0) is 41.6. The Labute approximate surface area is 342 Å². The first-order valence-electron chi connectivity index (χ1n) is 22.1. The topological polar surface area (TPSA) is 103 Å². The molecule has 8 nitrogen and oxygen atoms in total. The van der Waals surface area contributed by atoms with Crippen molar-refractivity contribution in [1.29, 1.82) is 0 Å². The molecule has 0 aromatic rings. The molecule has 1 saturated heterocycles. The Bertz CT molecular complexity index is 1410. The SMILES string of the molecule is C#CCCC(CC(=O)C1[C@@H]2[C@H](CN1C(=O)C(NC(=C)NC(CCC(=C)NCC1CCCCC1)C(C)(C)C)C1CCCCC1)C2(C)C)C(=C)C(=O)NCC=C.CC. The molecule has 3 saturated carbocycles. The van der Waals surface area contributed by atoms with Crippen molar-refractivity contribution in [3.8, 4) is 12.3 Å². The lowest BCUT2D eigenvalue weighted by Crippen LogP contribution is -2.57. The summed E-state index contributed by atoms with van der Waals surface area (Å²) in [6.45, 7) is 33.6. The highest BCUT2D eigenvalue weighted by molar-refractivity contribution is 5.96. The molecule has 8 heteroatoms. The summed E-state index contributed by atoms with van der Waals surface area (Å²) in [7, 11) is 0. The highest BCUT2D eigenvalue weighted by atomic mass is 16.2. The molecule has 0 radical (unpaired) electrons. The van der Waals surface area contributed by atoms with Crippen LogP contribution in [-0.2, 0) is 14.4 Å². The third-order valence-electron chi connectivity index (χ3n) is 13.3. The number of nitrogens with one attached hydrogen (secondary N) is 4. The molecule has 4 N–H and O–H groups in total. The van der Waals surface area contributed by atoms with Crippen molar-refractivity contribution >= 4 is 17.6 Å². The number of terminal acetylenes is 1.